The van der Waals surface area contributed by atoms with Crippen LogP contribution in [0.5, 0.6) is 0 Å². The van der Waals surface area contributed by atoms with E-state index in [0.717, 1.165) is 23.3 Å². The second-order valence-electron chi connectivity index (χ2n) is 3.69. The third kappa shape index (κ3) is 1.87. The van der Waals surface area contributed by atoms with Crippen LogP contribution >= 0.6 is 11.5 Å². The highest BCUT2D eigenvalue weighted by atomic mass is 32.1. The molecule has 1 heterocycles. The van der Waals surface area contributed by atoms with Crippen LogP contribution < -0.4 is 11.3 Å². The van der Waals surface area contributed by atoms with Gasteiger partial charge < -0.3 is 5.43 Å². The summed E-state index contributed by atoms with van der Waals surface area (Å²) < 4.78 is 3.87. The second-order valence-corrected chi connectivity index (χ2v) is 4.45. The molecule has 0 radical (unpaired) electrons. The molecule has 5 nitrogen and oxygen atoms in total. The van der Waals surface area contributed by atoms with Crippen LogP contribution in [-0.2, 0) is 6.54 Å². The first kappa shape index (κ1) is 9.82. The molecule has 1 aromatic rings. The van der Waals surface area contributed by atoms with Gasteiger partial charge in [0.05, 0.1) is 0 Å². The van der Waals surface area contributed by atoms with Crippen LogP contribution in [0.2, 0.25) is 0 Å². The lowest BCUT2D eigenvalue weighted by molar-refractivity contribution is 0.151. The Morgan fingerprint density at radius 2 is 2.43 bits per heavy atom. The van der Waals surface area contributed by atoms with Gasteiger partial charge in [-0.3, -0.25) is 4.90 Å². The van der Waals surface area contributed by atoms with Gasteiger partial charge in [0, 0.05) is 24.1 Å². The maximum absolute atomic E-state index is 5.36. The highest BCUT2D eigenvalue weighted by Crippen LogP contribution is 2.26. The van der Waals surface area contributed by atoms with E-state index in [1.807, 2.05) is 0 Å². The molecule has 2 rings (SSSR count). The Morgan fingerprint density at radius 1 is 1.64 bits per heavy atom. The molecule has 0 saturated heterocycles. The summed E-state index contributed by atoms with van der Waals surface area (Å²) in [5.41, 5.74) is 3.57. The van der Waals surface area contributed by atoms with Crippen molar-refractivity contribution in [3.63, 3.8) is 0 Å². The number of aromatic nitrogens is 2. The van der Waals surface area contributed by atoms with Crippen molar-refractivity contribution in [1.82, 2.24) is 14.5 Å². The highest BCUT2D eigenvalue weighted by molar-refractivity contribution is 7.10. The summed E-state index contributed by atoms with van der Waals surface area (Å²) in [5.74, 6) is 5.36. The van der Waals surface area contributed by atoms with Gasteiger partial charge in [-0.2, -0.15) is 0 Å². The minimum Gasteiger partial charge on any atom is -0.313 e. The summed E-state index contributed by atoms with van der Waals surface area (Å²) in [5, 5.41) is 4.92. The molecular weight excluding hydrogens is 198 g/mol. The lowest BCUT2D eigenvalue weighted by atomic mass is 9.92. The number of hydrogen-bond donors (Lipinski definition) is 2. The summed E-state index contributed by atoms with van der Waals surface area (Å²) in [6.07, 6.45) is 3.96. The van der Waals surface area contributed by atoms with Gasteiger partial charge in [-0.05, 0) is 19.9 Å². The van der Waals surface area contributed by atoms with Gasteiger partial charge in [0.2, 0.25) is 0 Å². The maximum Gasteiger partial charge on any atom is 0.148 e. The first-order valence-corrected chi connectivity index (χ1v) is 5.56. The minimum absolute atomic E-state index is 0.724. The van der Waals surface area contributed by atoms with Crippen LogP contribution in [0.4, 0.5) is 5.00 Å². The minimum atomic E-state index is 0.724. The highest BCUT2D eigenvalue weighted by Gasteiger charge is 2.23. The van der Waals surface area contributed by atoms with E-state index in [0.29, 0.717) is 0 Å². The molecule has 0 aliphatic heterocycles. The van der Waals surface area contributed by atoms with E-state index < -0.39 is 0 Å². The standard InChI is InChI=1S/C8H15N5S/c1-13(6-3-2-4-6)5-7-8(10-9)14-12-11-7/h6,10H,2-5,9H2,1H3. The maximum atomic E-state index is 5.36. The van der Waals surface area contributed by atoms with Gasteiger partial charge in [0.1, 0.15) is 10.7 Å². The smallest absolute Gasteiger partial charge is 0.148 e. The van der Waals surface area contributed by atoms with Gasteiger partial charge in [-0.1, -0.05) is 10.9 Å². The molecule has 6 heteroatoms. The normalized spacial score (nSPS) is 17.1. The number of hydrogen-bond acceptors (Lipinski definition) is 6. The molecule has 14 heavy (non-hydrogen) atoms. The van der Waals surface area contributed by atoms with Crippen molar-refractivity contribution in [3.05, 3.63) is 5.69 Å². The molecule has 1 aliphatic carbocycles. The average Bonchev–Trinajstić information content (AvgIpc) is 2.48. The quantitative estimate of drug-likeness (QED) is 0.572. The van der Waals surface area contributed by atoms with Crippen molar-refractivity contribution < 1.29 is 0 Å². The summed E-state index contributed by atoms with van der Waals surface area (Å²) in [4.78, 5) is 2.32. The van der Waals surface area contributed by atoms with Gasteiger partial charge >= 0.3 is 0 Å². The Morgan fingerprint density at radius 3 is 3.00 bits per heavy atom. The Kier molecular flexibility index (Phi) is 2.95. The summed E-state index contributed by atoms with van der Waals surface area (Å²) in [6.45, 7) is 0.834. The predicted molar refractivity (Wildman–Crippen MR) is 56.8 cm³/mol. The number of hydrazine groups is 1. The molecule has 78 valence electrons. The lowest BCUT2D eigenvalue weighted by Crippen LogP contribution is -2.36. The van der Waals surface area contributed by atoms with E-state index in [1.165, 1.54) is 30.8 Å². The van der Waals surface area contributed by atoms with E-state index in [-0.39, 0.29) is 0 Å². The van der Waals surface area contributed by atoms with E-state index in [1.54, 1.807) is 0 Å². The van der Waals surface area contributed by atoms with Crippen LogP contribution in [0.3, 0.4) is 0 Å². The third-order valence-corrected chi connectivity index (χ3v) is 3.48. The average molecular weight is 213 g/mol. The monoisotopic (exact) mass is 213 g/mol. The summed E-state index contributed by atoms with van der Waals surface area (Å²) >= 11 is 1.30. The molecule has 0 spiro atoms. The van der Waals surface area contributed by atoms with Crippen LogP contribution in [0.15, 0.2) is 0 Å². The molecule has 0 aromatic carbocycles. The van der Waals surface area contributed by atoms with Crippen LogP contribution in [0.25, 0.3) is 0 Å². The van der Waals surface area contributed by atoms with Crippen molar-refractivity contribution in [1.29, 1.82) is 0 Å². The van der Waals surface area contributed by atoms with Crippen molar-refractivity contribution >= 4 is 16.5 Å². The summed E-state index contributed by atoms with van der Waals surface area (Å²) in [6, 6.07) is 0.724. The number of nitrogen functional groups attached to an aromatic ring is 1. The molecule has 0 unspecified atom stereocenters. The third-order valence-electron chi connectivity index (χ3n) is 2.78. The Hall–Kier alpha value is -0.720. The molecule has 3 N–H and O–H groups in total. The van der Waals surface area contributed by atoms with Crippen LogP contribution in [0.1, 0.15) is 25.0 Å². The predicted octanol–water partition coefficient (Wildman–Crippen LogP) is 0.808. The number of nitrogens with two attached hydrogens (primary N) is 1. The molecule has 1 aliphatic rings. The van der Waals surface area contributed by atoms with Gasteiger partial charge in [-0.15, -0.1) is 5.10 Å². The van der Waals surface area contributed by atoms with Crippen molar-refractivity contribution in [2.45, 2.75) is 31.8 Å². The zero-order valence-electron chi connectivity index (χ0n) is 8.23. The molecule has 1 saturated carbocycles. The number of nitrogens with one attached hydrogen (secondary N) is 1. The zero-order valence-corrected chi connectivity index (χ0v) is 9.05. The number of anilines is 1. The SMILES string of the molecule is CN(Cc1nnsc1NN)C1CCC1. The van der Waals surface area contributed by atoms with Crippen LogP contribution in [-0.4, -0.2) is 27.6 Å². The fourth-order valence-electron chi connectivity index (χ4n) is 1.61. The lowest BCUT2D eigenvalue weighted by Gasteiger charge is -2.34. The zero-order chi connectivity index (χ0) is 9.97. The molecule has 1 fully saturated rings. The first-order valence-electron chi connectivity index (χ1n) is 4.79. The van der Waals surface area contributed by atoms with Crippen molar-refractivity contribution in [3.8, 4) is 0 Å². The largest absolute Gasteiger partial charge is 0.313 e. The Bertz CT molecular complexity index is 296. The second kappa shape index (κ2) is 4.20. The Labute approximate surface area is 87.4 Å². The fraction of sp³-hybridized carbons (Fsp3) is 0.750. The molecular formula is C8H15N5S. The van der Waals surface area contributed by atoms with Crippen LogP contribution in [0, 0.1) is 0 Å². The molecule has 1 aromatic heterocycles. The van der Waals surface area contributed by atoms with E-state index in [2.05, 4.69) is 27.0 Å². The van der Waals surface area contributed by atoms with Crippen molar-refractivity contribution in [2.75, 3.05) is 12.5 Å². The number of rotatable bonds is 4. The molecule has 0 bridgehead atoms. The van der Waals surface area contributed by atoms with E-state index >= 15 is 0 Å². The van der Waals surface area contributed by atoms with Gasteiger partial charge in [-0.25, -0.2) is 5.84 Å². The fourth-order valence-corrected chi connectivity index (χ4v) is 2.10. The van der Waals surface area contributed by atoms with Gasteiger partial charge in [0.15, 0.2) is 0 Å². The van der Waals surface area contributed by atoms with Gasteiger partial charge in [0.25, 0.3) is 0 Å². The first-order chi connectivity index (χ1) is 6.81. The molecule has 0 amide bonds. The summed E-state index contributed by atoms with van der Waals surface area (Å²) in [7, 11) is 2.13. The van der Waals surface area contributed by atoms with E-state index in [9.17, 15) is 0 Å². The Balaban J connectivity index is 1.95. The number of nitrogens with zero attached hydrogens (tertiary/aromatic N) is 3. The molecule has 0 atom stereocenters. The topological polar surface area (TPSA) is 67.1 Å². The van der Waals surface area contributed by atoms with E-state index in [4.69, 9.17) is 5.84 Å². The van der Waals surface area contributed by atoms with Crippen molar-refractivity contribution in [2.24, 2.45) is 5.84 Å².